The first-order valence-corrected chi connectivity index (χ1v) is 6.96. The molecule has 1 amide bonds. The summed E-state index contributed by atoms with van der Waals surface area (Å²) in [5.74, 6) is -0.199. The first kappa shape index (κ1) is 15.0. The van der Waals surface area contributed by atoms with Crippen molar-refractivity contribution in [3.8, 4) is 0 Å². The van der Waals surface area contributed by atoms with Crippen molar-refractivity contribution in [1.82, 2.24) is 5.32 Å². The number of carbonyl (C=O) groups excluding carboxylic acids is 1. The van der Waals surface area contributed by atoms with E-state index in [4.69, 9.17) is 10.5 Å². The zero-order chi connectivity index (χ0) is 14.5. The molecular weight excluding hydrogens is 256 g/mol. The van der Waals surface area contributed by atoms with Gasteiger partial charge < -0.3 is 20.9 Å². The number of nitrogens with one attached hydrogen (secondary N) is 1. The van der Waals surface area contributed by atoms with Crippen molar-refractivity contribution in [2.45, 2.75) is 44.1 Å². The van der Waals surface area contributed by atoms with Crippen LogP contribution in [0.1, 0.15) is 18.9 Å². The maximum Gasteiger partial charge on any atom is 0.237 e. The van der Waals surface area contributed by atoms with E-state index in [-0.39, 0.29) is 30.8 Å². The summed E-state index contributed by atoms with van der Waals surface area (Å²) in [6, 6.07) is 8.92. The van der Waals surface area contributed by atoms with E-state index in [1.807, 2.05) is 37.3 Å². The molecule has 0 aliphatic carbocycles. The second-order valence-corrected chi connectivity index (χ2v) is 5.31. The third kappa shape index (κ3) is 3.79. The van der Waals surface area contributed by atoms with Crippen LogP contribution < -0.4 is 11.1 Å². The molecule has 20 heavy (non-hydrogen) atoms. The highest BCUT2D eigenvalue weighted by atomic mass is 16.5. The highest BCUT2D eigenvalue weighted by Gasteiger charge is 2.34. The van der Waals surface area contributed by atoms with Gasteiger partial charge in [0.1, 0.15) is 6.10 Å². The molecule has 1 aromatic carbocycles. The monoisotopic (exact) mass is 278 g/mol. The SMILES string of the molecule is C[C@H]1CC(NC(=O)C(N)Cc2ccccc2)[C@@H](CO)O1. The first-order valence-electron chi connectivity index (χ1n) is 6.96. The van der Waals surface area contributed by atoms with Gasteiger partial charge in [-0.05, 0) is 25.3 Å². The number of aliphatic hydroxyl groups is 1. The summed E-state index contributed by atoms with van der Waals surface area (Å²) in [7, 11) is 0. The summed E-state index contributed by atoms with van der Waals surface area (Å²) >= 11 is 0. The number of ether oxygens (including phenoxy) is 1. The Bertz CT molecular complexity index is 438. The van der Waals surface area contributed by atoms with Gasteiger partial charge in [0.15, 0.2) is 0 Å². The Kier molecular flexibility index (Phi) is 5.11. The second kappa shape index (κ2) is 6.83. The van der Waals surface area contributed by atoms with Gasteiger partial charge in [-0.1, -0.05) is 30.3 Å². The number of rotatable bonds is 5. The molecule has 0 bridgehead atoms. The average molecular weight is 278 g/mol. The molecule has 0 saturated carbocycles. The minimum Gasteiger partial charge on any atom is -0.394 e. The van der Waals surface area contributed by atoms with E-state index >= 15 is 0 Å². The van der Waals surface area contributed by atoms with Crippen LogP contribution >= 0.6 is 0 Å². The van der Waals surface area contributed by atoms with Crippen molar-refractivity contribution in [2.75, 3.05) is 6.61 Å². The molecule has 4 N–H and O–H groups in total. The van der Waals surface area contributed by atoms with Gasteiger partial charge in [-0.2, -0.15) is 0 Å². The molecule has 1 saturated heterocycles. The summed E-state index contributed by atoms with van der Waals surface area (Å²) in [6.07, 6.45) is 0.912. The van der Waals surface area contributed by atoms with Crippen molar-refractivity contribution < 1.29 is 14.6 Å². The normalized spacial score (nSPS) is 27.2. The number of carbonyl (C=O) groups is 1. The maximum atomic E-state index is 12.1. The quantitative estimate of drug-likeness (QED) is 0.719. The van der Waals surface area contributed by atoms with E-state index in [1.165, 1.54) is 0 Å². The topological polar surface area (TPSA) is 84.6 Å². The van der Waals surface area contributed by atoms with Crippen LogP contribution in [0.2, 0.25) is 0 Å². The summed E-state index contributed by atoms with van der Waals surface area (Å²) in [5.41, 5.74) is 6.97. The molecule has 1 aromatic rings. The molecule has 0 spiro atoms. The summed E-state index contributed by atoms with van der Waals surface area (Å²) in [6.45, 7) is 1.84. The number of aliphatic hydroxyl groups excluding tert-OH is 1. The van der Waals surface area contributed by atoms with Gasteiger partial charge in [-0.15, -0.1) is 0 Å². The van der Waals surface area contributed by atoms with Gasteiger partial charge in [-0.3, -0.25) is 4.79 Å². The summed E-state index contributed by atoms with van der Waals surface area (Å²) < 4.78 is 5.52. The fraction of sp³-hybridized carbons (Fsp3) is 0.533. The van der Waals surface area contributed by atoms with Gasteiger partial charge in [0.2, 0.25) is 5.91 Å². The summed E-state index contributed by atoms with van der Waals surface area (Å²) in [5, 5.41) is 12.1. The van der Waals surface area contributed by atoms with Gasteiger partial charge in [-0.25, -0.2) is 0 Å². The lowest BCUT2D eigenvalue weighted by Gasteiger charge is -2.20. The number of hydrogen-bond acceptors (Lipinski definition) is 4. The Morgan fingerprint density at radius 2 is 2.20 bits per heavy atom. The third-order valence-electron chi connectivity index (χ3n) is 3.58. The standard InChI is InChI=1S/C15H22N2O3/c1-10-7-13(14(9-18)20-10)17-15(19)12(16)8-11-5-3-2-4-6-11/h2-6,10,12-14,18H,7-9,16H2,1H3,(H,17,19)/t10-,12?,13?,14+/m0/s1. The number of amides is 1. The molecule has 2 unspecified atom stereocenters. The number of benzene rings is 1. The molecule has 5 heteroatoms. The lowest BCUT2D eigenvalue weighted by atomic mass is 10.0. The minimum absolute atomic E-state index is 0.0443. The van der Waals surface area contributed by atoms with Gasteiger partial charge >= 0.3 is 0 Å². The minimum atomic E-state index is -0.590. The second-order valence-electron chi connectivity index (χ2n) is 5.31. The van der Waals surface area contributed by atoms with E-state index in [2.05, 4.69) is 5.32 Å². The van der Waals surface area contributed by atoms with Crippen LogP contribution in [0.5, 0.6) is 0 Å². The van der Waals surface area contributed by atoms with Crippen molar-refractivity contribution in [3.63, 3.8) is 0 Å². The largest absolute Gasteiger partial charge is 0.394 e. The fourth-order valence-corrected chi connectivity index (χ4v) is 2.53. The van der Waals surface area contributed by atoms with Crippen LogP contribution in [0.3, 0.4) is 0 Å². The van der Waals surface area contributed by atoms with Crippen LogP contribution in [-0.4, -0.2) is 41.9 Å². The highest BCUT2D eigenvalue weighted by molar-refractivity contribution is 5.82. The Labute approximate surface area is 119 Å². The molecule has 1 aliphatic heterocycles. The van der Waals surface area contributed by atoms with E-state index in [0.717, 1.165) is 5.56 Å². The van der Waals surface area contributed by atoms with Crippen LogP contribution in [0.15, 0.2) is 30.3 Å². The van der Waals surface area contributed by atoms with E-state index in [0.29, 0.717) is 12.8 Å². The number of nitrogens with two attached hydrogens (primary N) is 1. The first-order chi connectivity index (χ1) is 9.60. The lowest BCUT2D eigenvalue weighted by molar-refractivity contribution is -0.123. The van der Waals surface area contributed by atoms with Gasteiger partial charge in [0, 0.05) is 0 Å². The zero-order valence-corrected chi connectivity index (χ0v) is 11.7. The molecule has 110 valence electrons. The van der Waals surface area contributed by atoms with Crippen molar-refractivity contribution in [3.05, 3.63) is 35.9 Å². The molecule has 4 atom stereocenters. The molecule has 1 aliphatic rings. The number of hydrogen-bond donors (Lipinski definition) is 3. The molecule has 0 radical (unpaired) electrons. The average Bonchev–Trinajstić information content (AvgIpc) is 2.79. The summed E-state index contributed by atoms with van der Waals surface area (Å²) in [4.78, 5) is 12.1. The van der Waals surface area contributed by atoms with Crippen molar-refractivity contribution >= 4 is 5.91 Å². The zero-order valence-electron chi connectivity index (χ0n) is 11.7. The van der Waals surface area contributed by atoms with E-state index in [1.54, 1.807) is 0 Å². The Morgan fingerprint density at radius 1 is 1.50 bits per heavy atom. The van der Waals surface area contributed by atoms with E-state index < -0.39 is 6.04 Å². The van der Waals surface area contributed by atoms with Crippen molar-refractivity contribution in [2.24, 2.45) is 5.73 Å². The molecule has 2 rings (SSSR count). The lowest BCUT2D eigenvalue weighted by Crippen LogP contribution is -2.49. The molecule has 0 aromatic heterocycles. The Morgan fingerprint density at radius 3 is 2.85 bits per heavy atom. The highest BCUT2D eigenvalue weighted by Crippen LogP contribution is 2.19. The van der Waals surface area contributed by atoms with Crippen molar-refractivity contribution in [1.29, 1.82) is 0 Å². The third-order valence-corrected chi connectivity index (χ3v) is 3.58. The predicted molar refractivity (Wildman–Crippen MR) is 76.1 cm³/mol. The smallest absolute Gasteiger partial charge is 0.237 e. The predicted octanol–water partition coefficient (Wildman–Crippen LogP) is 0.211. The molecule has 1 fully saturated rings. The molecule has 5 nitrogen and oxygen atoms in total. The van der Waals surface area contributed by atoms with Crippen LogP contribution in [0, 0.1) is 0 Å². The molecule has 1 heterocycles. The maximum absolute atomic E-state index is 12.1. The van der Waals surface area contributed by atoms with Crippen LogP contribution in [-0.2, 0) is 16.0 Å². The Balaban J connectivity index is 1.88. The molecular formula is C15H22N2O3. The van der Waals surface area contributed by atoms with Gasteiger partial charge in [0.05, 0.1) is 24.8 Å². The van der Waals surface area contributed by atoms with Crippen LogP contribution in [0.25, 0.3) is 0 Å². The fourth-order valence-electron chi connectivity index (χ4n) is 2.53. The van der Waals surface area contributed by atoms with Crippen LogP contribution in [0.4, 0.5) is 0 Å². The Hall–Kier alpha value is -1.43. The van der Waals surface area contributed by atoms with E-state index in [9.17, 15) is 9.90 Å². The van der Waals surface area contributed by atoms with Gasteiger partial charge in [0.25, 0.3) is 0 Å².